The Hall–Kier alpha value is -3.15. The van der Waals surface area contributed by atoms with Crippen molar-refractivity contribution >= 4 is 12.0 Å². The van der Waals surface area contributed by atoms with Crippen molar-refractivity contribution in [2.75, 3.05) is 27.4 Å². The van der Waals surface area contributed by atoms with Gasteiger partial charge in [0.2, 0.25) is 5.91 Å². The number of carbonyl (C=O) groups is 1. The normalized spacial score (nSPS) is 15.8. The number of methoxy groups -OCH3 is 2. The highest BCUT2D eigenvalue weighted by Gasteiger charge is 2.21. The van der Waals surface area contributed by atoms with E-state index in [1.807, 2.05) is 36.4 Å². The quantitative estimate of drug-likeness (QED) is 0.793. The van der Waals surface area contributed by atoms with Crippen molar-refractivity contribution in [3.63, 3.8) is 0 Å². The first-order chi connectivity index (χ1) is 13.1. The number of nitrogens with one attached hydrogen (secondary N) is 1. The third-order valence-corrected chi connectivity index (χ3v) is 4.21. The van der Waals surface area contributed by atoms with Crippen LogP contribution < -0.4 is 24.3 Å². The highest BCUT2D eigenvalue weighted by atomic mass is 16.6. The third-order valence-electron chi connectivity index (χ3n) is 4.21. The molecule has 27 heavy (non-hydrogen) atoms. The molecule has 0 aromatic heterocycles. The van der Waals surface area contributed by atoms with Gasteiger partial charge in [0.25, 0.3) is 0 Å². The van der Waals surface area contributed by atoms with E-state index in [-0.39, 0.29) is 12.0 Å². The Kier molecular flexibility index (Phi) is 5.86. The molecular weight excluding hydrogens is 346 g/mol. The number of rotatable bonds is 6. The molecule has 6 nitrogen and oxygen atoms in total. The average molecular weight is 369 g/mol. The Morgan fingerprint density at radius 3 is 2.63 bits per heavy atom. The maximum absolute atomic E-state index is 12.4. The molecule has 2 aromatic rings. The number of amides is 1. The van der Waals surface area contributed by atoms with E-state index >= 15 is 0 Å². The van der Waals surface area contributed by atoms with Crippen LogP contribution in [0.15, 0.2) is 48.0 Å². The molecule has 142 valence electrons. The van der Waals surface area contributed by atoms with E-state index in [0.29, 0.717) is 36.0 Å². The Balaban J connectivity index is 1.59. The van der Waals surface area contributed by atoms with Crippen LogP contribution in [-0.2, 0) is 4.79 Å². The number of hydrogen-bond donors (Lipinski definition) is 1. The number of hydrogen-bond acceptors (Lipinski definition) is 5. The summed E-state index contributed by atoms with van der Waals surface area (Å²) in [6.45, 7) is 2.53. The lowest BCUT2D eigenvalue weighted by Gasteiger charge is -2.26. The average Bonchev–Trinajstić information content (AvgIpc) is 2.71. The van der Waals surface area contributed by atoms with Crippen LogP contribution in [0.4, 0.5) is 0 Å². The second kappa shape index (κ2) is 8.49. The summed E-state index contributed by atoms with van der Waals surface area (Å²) in [6.07, 6.45) is 1.57. The molecule has 1 heterocycles. The van der Waals surface area contributed by atoms with E-state index in [1.54, 1.807) is 33.3 Å². The summed E-state index contributed by atoms with van der Waals surface area (Å²) in [5, 5.41) is 2.89. The molecule has 0 fully saturated rings. The van der Waals surface area contributed by atoms with Crippen LogP contribution in [0.5, 0.6) is 23.0 Å². The van der Waals surface area contributed by atoms with Crippen LogP contribution in [0.25, 0.3) is 6.08 Å². The molecule has 1 N–H and O–H groups in total. The molecule has 0 aliphatic carbocycles. The van der Waals surface area contributed by atoms with E-state index in [0.717, 1.165) is 11.3 Å². The molecule has 2 aromatic carbocycles. The van der Waals surface area contributed by atoms with Gasteiger partial charge in [-0.15, -0.1) is 0 Å². The zero-order chi connectivity index (χ0) is 19.2. The van der Waals surface area contributed by atoms with Gasteiger partial charge in [0, 0.05) is 5.57 Å². The lowest BCUT2D eigenvalue weighted by molar-refractivity contribution is -0.117. The molecule has 0 saturated heterocycles. The monoisotopic (exact) mass is 369 g/mol. The van der Waals surface area contributed by atoms with Crippen molar-refractivity contribution in [2.24, 2.45) is 0 Å². The molecule has 0 bridgehead atoms. The highest BCUT2D eigenvalue weighted by Crippen LogP contribution is 2.31. The SMILES string of the molecule is COc1ccc(/C=C(\C)C(=O)NCC2COc3ccccc3O2)cc1OC. The molecule has 1 atom stereocenters. The first kappa shape index (κ1) is 18.6. The minimum absolute atomic E-state index is 0.160. The van der Waals surface area contributed by atoms with Crippen molar-refractivity contribution < 1.29 is 23.7 Å². The Morgan fingerprint density at radius 2 is 1.89 bits per heavy atom. The van der Waals surface area contributed by atoms with E-state index < -0.39 is 0 Å². The molecule has 1 amide bonds. The summed E-state index contributed by atoms with van der Waals surface area (Å²) in [6, 6.07) is 13.0. The van der Waals surface area contributed by atoms with Gasteiger partial charge >= 0.3 is 0 Å². The van der Waals surface area contributed by atoms with Crippen LogP contribution in [0, 0.1) is 0 Å². The zero-order valence-electron chi connectivity index (χ0n) is 15.7. The Labute approximate surface area is 158 Å². The van der Waals surface area contributed by atoms with Gasteiger partial charge in [-0.25, -0.2) is 0 Å². The van der Waals surface area contributed by atoms with Gasteiger partial charge in [-0.3, -0.25) is 4.79 Å². The molecule has 6 heteroatoms. The van der Waals surface area contributed by atoms with Gasteiger partial charge < -0.3 is 24.3 Å². The number of ether oxygens (including phenoxy) is 4. The van der Waals surface area contributed by atoms with Crippen molar-refractivity contribution in [1.29, 1.82) is 0 Å². The lowest BCUT2D eigenvalue weighted by atomic mass is 10.1. The van der Waals surface area contributed by atoms with E-state index in [2.05, 4.69) is 5.32 Å². The van der Waals surface area contributed by atoms with Gasteiger partial charge in [0.1, 0.15) is 12.7 Å². The number of carbonyl (C=O) groups excluding carboxylic acids is 1. The fourth-order valence-corrected chi connectivity index (χ4v) is 2.77. The zero-order valence-corrected chi connectivity index (χ0v) is 15.7. The molecule has 1 aliphatic rings. The van der Waals surface area contributed by atoms with E-state index in [4.69, 9.17) is 18.9 Å². The predicted octanol–water partition coefficient (Wildman–Crippen LogP) is 3.06. The Morgan fingerprint density at radius 1 is 1.15 bits per heavy atom. The van der Waals surface area contributed by atoms with Crippen molar-refractivity contribution in [2.45, 2.75) is 13.0 Å². The summed E-state index contributed by atoms with van der Waals surface area (Å²) in [4.78, 5) is 12.4. The fraction of sp³-hybridized carbons (Fsp3) is 0.286. The van der Waals surface area contributed by atoms with Crippen LogP contribution in [0.1, 0.15) is 12.5 Å². The number of benzene rings is 2. The first-order valence-electron chi connectivity index (χ1n) is 8.67. The van der Waals surface area contributed by atoms with Gasteiger partial charge in [-0.2, -0.15) is 0 Å². The Bertz CT molecular complexity index is 846. The summed E-state index contributed by atoms with van der Waals surface area (Å²) in [7, 11) is 3.16. The fourth-order valence-electron chi connectivity index (χ4n) is 2.77. The summed E-state index contributed by atoms with van der Waals surface area (Å²) < 4.78 is 22.0. The molecule has 0 radical (unpaired) electrons. The summed E-state index contributed by atoms with van der Waals surface area (Å²) in [5.74, 6) is 2.52. The summed E-state index contributed by atoms with van der Waals surface area (Å²) >= 11 is 0. The third kappa shape index (κ3) is 4.53. The number of para-hydroxylation sites is 2. The molecule has 1 aliphatic heterocycles. The van der Waals surface area contributed by atoms with Gasteiger partial charge in [0.05, 0.1) is 20.8 Å². The van der Waals surface area contributed by atoms with Gasteiger partial charge in [0.15, 0.2) is 23.0 Å². The van der Waals surface area contributed by atoms with Gasteiger partial charge in [-0.05, 0) is 42.8 Å². The lowest BCUT2D eigenvalue weighted by Crippen LogP contribution is -2.40. The second-order valence-electron chi connectivity index (χ2n) is 6.15. The first-order valence-corrected chi connectivity index (χ1v) is 8.67. The predicted molar refractivity (Wildman–Crippen MR) is 103 cm³/mol. The van der Waals surface area contributed by atoms with Crippen LogP contribution in [0.2, 0.25) is 0 Å². The molecule has 1 unspecified atom stereocenters. The molecule has 0 spiro atoms. The second-order valence-corrected chi connectivity index (χ2v) is 6.15. The minimum atomic E-state index is -0.224. The molecule has 3 rings (SSSR count). The van der Waals surface area contributed by atoms with Crippen molar-refractivity contribution in [3.8, 4) is 23.0 Å². The van der Waals surface area contributed by atoms with Crippen molar-refractivity contribution in [1.82, 2.24) is 5.32 Å². The highest BCUT2D eigenvalue weighted by molar-refractivity contribution is 5.97. The van der Waals surface area contributed by atoms with Crippen LogP contribution >= 0.6 is 0 Å². The minimum Gasteiger partial charge on any atom is -0.493 e. The molecular formula is C21H23NO5. The van der Waals surface area contributed by atoms with Gasteiger partial charge in [-0.1, -0.05) is 18.2 Å². The maximum atomic E-state index is 12.4. The largest absolute Gasteiger partial charge is 0.493 e. The van der Waals surface area contributed by atoms with Crippen molar-refractivity contribution in [3.05, 3.63) is 53.6 Å². The van der Waals surface area contributed by atoms with Crippen LogP contribution in [-0.4, -0.2) is 39.4 Å². The van der Waals surface area contributed by atoms with E-state index in [9.17, 15) is 4.79 Å². The maximum Gasteiger partial charge on any atom is 0.247 e. The standard InChI is InChI=1S/C21H23NO5/c1-14(10-15-8-9-17(24-2)20(11-15)25-3)21(23)22-12-16-13-26-18-6-4-5-7-19(18)27-16/h4-11,16H,12-13H2,1-3H3,(H,22,23)/b14-10+. The molecule has 0 saturated carbocycles. The van der Waals surface area contributed by atoms with Crippen LogP contribution in [0.3, 0.4) is 0 Å². The topological polar surface area (TPSA) is 66.0 Å². The summed E-state index contributed by atoms with van der Waals surface area (Å²) in [5.41, 5.74) is 1.44. The smallest absolute Gasteiger partial charge is 0.247 e. The number of fused-ring (bicyclic) bond motifs is 1. The van der Waals surface area contributed by atoms with E-state index in [1.165, 1.54) is 0 Å².